The van der Waals surface area contributed by atoms with Crippen LogP contribution in [0.1, 0.15) is 19.8 Å². The van der Waals surface area contributed by atoms with Gasteiger partial charge in [-0.25, -0.2) is 4.79 Å². The number of carbonyl (C=O) groups is 2. The number of hydrogen-bond acceptors (Lipinski definition) is 4. The lowest BCUT2D eigenvalue weighted by Gasteiger charge is -2.11. The summed E-state index contributed by atoms with van der Waals surface area (Å²) in [5, 5.41) is 0. The van der Waals surface area contributed by atoms with E-state index in [-0.39, 0.29) is 12.2 Å². The van der Waals surface area contributed by atoms with Crippen molar-refractivity contribution in [3.8, 4) is 0 Å². The number of hydrogen-bond donors (Lipinski definition) is 0. The Morgan fingerprint density at radius 1 is 1.28 bits per heavy atom. The van der Waals surface area contributed by atoms with E-state index in [1.807, 2.05) is 0 Å². The highest BCUT2D eigenvalue weighted by atomic mass is 19.4. The van der Waals surface area contributed by atoms with E-state index in [0.717, 1.165) is 6.20 Å². The quantitative estimate of drug-likeness (QED) is 0.319. The van der Waals surface area contributed by atoms with Crippen molar-refractivity contribution in [2.45, 2.75) is 25.9 Å². The van der Waals surface area contributed by atoms with E-state index in [9.17, 15) is 22.8 Å². The molecule has 0 saturated carbocycles. The van der Waals surface area contributed by atoms with Crippen LogP contribution < -0.4 is 0 Å². The van der Waals surface area contributed by atoms with Crippen LogP contribution in [0.15, 0.2) is 11.8 Å². The molecular weight excluding hydrogens is 251 g/mol. The molecule has 0 spiro atoms. The average Bonchev–Trinajstić information content (AvgIpc) is 2.21. The van der Waals surface area contributed by atoms with Crippen LogP contribution in [0.3, 0.4) is 0 Å². The lowest BCUT2D eigenvalue weighted by Crippen LogP contribution is -2.21. The van der Waals surface area contributed by atoms with Crippen LogP contribution in [0, 0.1) is 0 Å². The van der Waals surface area contributed by atoms with Gasteiger partial charge in [-0.15, -0.1) is 0 Å². The van der Waals surface area contributed by atoms with E-state index >= 15 is 0 Å². The topological polar surface area (TPSA) is 46.6 Å². The first-order chi connectivity index (χ1) is 8.17. The second-order valence-corrected chi connectivity index (χ2v) is 3.77. The van der Waals surface area contributed by atoms with Gasteiger partial charge in [0.2, 0.25) is 0 Å². The van der Waals surface area contributed by atoms with Crippen molar-refractivity contribution in [2.75, 3.05) is 20.7 Å². The van der Waals surface area contributed by atoms with Crippen LogP contribution in [-0.2, 0) is 14.3 Å². The van der Waals surface area contributed by atoms with Crippen molar-refractivity contribution >= 4 is 11.8 Å². The molecule has 0 aliphatic heterocycles. The zero-order valence-corrected chi connectivity index (χ0v) is 10.5. The molecule has 0 atom stereocenters. The first-order valence-corrected chi connectivity index (χ1v) is 5.32. The molecule has 0 saturated heterocycles. The maximum absolute atomic E-state index is 12.0. The number of Topliss-reactive ketones (excluding diaryl/α,β-unsaturated/α-hetero) is 1. The second-order valence-electron chi connectivity index (χ2n) is 3.77. The maximum atomic E-state index is 12.0. The molecule has 7 heteroatoms. The Morgan fingerprint density at radius 3 is 2.22 bits per heavy atom. The molecule has 0 amide bonds. The van der Waals surface area contributed by atoms with Crippen molar-refractivity contribution < 1.29 is 27.5 Å². The molecule has 0 heterocycles. The highest BCUT2D eigenvalue weighted by Crippen LogP contribution is 2.22. The predicted octanol–water partition coefficient (Wildman–Crippen LogP) is 1.91. The Morgan fingerprint density at radius 2 is 1.83 bits per heavy atom. The summed E-state index contributed by atoms with van der Waals surface area (Å²) in [4.78, 5) is 24.4. The molecule has 0 rings (SSSR count). The van der Waals surface area contributed by atoms with Crippen LogP contribution in [0.5, 0.6) is 0 Å². The minimum absolute atomic E-state index is 0.0517. The third-order valence-corrected chi connectivity index (χ3v) is 1.82. The monoisotopic (exact) mass is 267 g/mol. The second kappa shape index (κ2) is 7.03. The minimum atomic E-state index is -4.42. The summed E-state index contributed by atoms with van der Waals surface area (Å²) in [7, 11) is 3.10. The standard InChI is InChI=1S/C11H16F3NO3/c1-4-18-10(17)8(7-15(2)3)9(16)5-6-11(12,13)14/h7H,4-6H2,1-3H3/b8-7-. The van der Waals surface area contributed by atoms with Crippen molar-refractivity contribution in [1.29, 1.82) is 0 Å². The maximum Gasteiger partial charge on any atom is 0.389 e. The third kappa shape index (κ3) is 6.93. The van der Waals surface area contributed by atoms with Gasteiger partial charge in [0.1, 0.15) is 5.57 Å². The fraction of sp³-hybridized carbons (Fsp3) is 0.636. The summed E-state index contributed by atoms with van der Waals surface area (Å²) >= 11 is 0. The van der Waals surface area contributed by atoms with Crippen LogP contribution in [-0.4, -0.2) is 43.5 Å². The highest BCUT2D eigenvalue weighted by Gasteiger charge is 2.30. The smallest absolute Gasteiger partial charge is 0.389 e. The van der Waals surface area contributed by atoms with Crippen molar-refractivity contribution in [3.63, 3.8) is 0 Å². The van der Waals surface area contributed by atoms with E-state index in [1.165, 1.54) is 4.90 Å². The number of halogens is 3. The molecule has 0 fully saturated rings. The third-order valence-electron chi connectivity index (χ3n) is 1.82. The van der Waals surface area contributed by atoms with Gasteiger partial charge in [0, 0.05) is 26.7 Å². The molecule has 0 bridgehead atoms. The molecule has 0 radical (unpaired) electrons. The van der Waals surface area contributed by atoms with Gasteiger partial charge in [-0.1, -0.05) is 0 Å². The van der Waals surface area contributed by atoms with Crippen molar-refractivity contribution in [1.82, 2.24) is 4.90 Å². The fourth-order valence-electron chi connectivity index (χ4n) is 1.10. The Kier molecular flexibility index (Phi) is 6.43. The molecule has 4 nitrogen and oxygen atoms in total. The summed E-state index contributed by atoms with van der Waals surface area (Å²) < 4.78 is 40.6. The van der Waals surface area contributed by atoms with Gasteiger partial charge in [-0.05, 0) is 6.92 Å². The van der Waals surface area contributed by atoms with Gasteiger partial charge in [0.05, 0.1) is 13.0 Å². The number of ether oxygens (including phenoxy) is 1. The van der Waals surface area contributed by atoms with Gasteiger partial charge in [0.15, 0.2) is 5.78 Å². The molecule has 0 aromatic carbocycles. The number of ketones is 1. The highest BCUT2D eigenvalue weighted by molar-refractivity contribution is 6.17. The Hall–Kier alpha value is -1.53. The van der Waals surface area contributed by atoms with Crippen molar-refractivity contribution in [3.05, 3.63) is 11.8 Å². The van der Waals surface area contributed by atoms with Crippen LogP contribution in [0.2, 0.25) is 0 Å². The Balaban J connectivity index is 4.77. The Bertz CT molecular complexity index is 335. The summed E-state index contributed by atoms with van der Waals surface area (Å²) in [6.07, 6.45) is -5.28. The molecule has 0 aliphatic carbocycles. The fourth-order valence-corrected chi connectivity index (χ4v) is 1.10. The normalized spacial score (nSPS) is 12.2. The SMILES string of the molecule is CCOC(=O)/C(=C\N(C)C)C(=O)CCC(F)(F)F. The molecule has 0 unspecified atom stereocenters. The molecule has 0 aliphatic rings. The first-order valence-electron chi connectivity index (χ1n) is 5.32. The van der Waals surface area contributed by atoms with E-state index < -0.39 is 30.8 Å². The largest absolute Gasteiger partial charge is 0.462 e. The van der Waals surface area contributed by atoms with Crippen molar-refractivity contribution in [2.24, 2.45) is 0 Å². The molecule has 104 valence electrons. The van der Waals surface area contributed by atoms with E-state index in [1.54, 1.807) is 21.0 Å². The lowest BCUT2D eigenvalue weighted by atomic mass is 10.1. The van der Waals surface area contributed by atoms with E-state index in [2.05, 4.69) is 4.74 Å². The van der Waals surface area contributed by atoms with Gasteiger partial charge < -0.3 is 9.64 Å². The summed E-state index contributed by atoms with van der Waals surface area (Å²) in [5.41, 5.74) is -0.369. The van der Waals surface area contributed by atoms with Gasteiger partial charge in [-0.2, -0.15) is 13.2 Å². The lowest BCUT2D eigenvalue weighted by molar-refractivity contribution is -0.145. The van der Waals surface area contributed by atoms with Crippen LogP contribution >= 0.6 is 0 Å². The van der Waals surface area contributed by atoms with Crippen LogP contribution in [0.4, 0.5) is 13.2 Å². The van der Waals surface area contributed by atoms with Crippen LogP contribution in [0.25, 0.3) is 0 Å². The summed E-state index contributed by atoms with van der Waals surface area (Å²) in [6, 6.07) is 0. The molecule has 18 heavy (non-hydrogen) atoms. The summed E-state index contributed by atoms with van der Waals surface area (Å²) in [5.74, 6) is -1.78. The zero-order valence-electron chi connectivity index (χ0n) is 10.5. The van der Waals surface area contributed by atoms with Gasteiger partial charge in [0.25, 0.3) is 0 Å². The number of rotatable bonds is 6. The van der Waals surface area contributed by atoms with E-state index in [4.69, 9.17) is 0 Å². The Labute approximate surface area is 103 Å². The zero-order chi connectivity index (χ0) is 14.3. The first kappa shape index (κ1) is 16.5. The number of alkyl halides is 3. The molecule has 0 aromatic heterocycles. The van der Waals surface area contributed by atoms with Gasteiger partial charge in [-0.3, -0.25) is 4.79 Å². The number of carbonyl (C=O) groups excluding carboxylic acids is 2. The number of nitrogens with zero attached hydrogens (tertiary/aromatic N) is 1. The van der Waals surface area contributed by atoms with Gasteiger partial charge >= 0.3 is 12.1 Å². The number of esters is 1. The molecular formula is C11H16F3NO3. The molecule has 0 N–H and O–H groups in total. The van der Waals surface area contributed by atoms with E-state index in [0.29, 0.717) is 0 Å². The summed E-state index contributed by atoms with van der Waals surface area (Å²) in [6.45, 7) is 1.60. The predicted molar refractivity (Wildman–Crippen MR) is 58.7 cm³/mol. The average molecular weight is 267 g/mol. The minimum Gasteiger partial charge on any atom is -0.462 e. The molecule has 0 aromatic rings.